The Labute approximate surface area is 109 Å². The van der Waals surface area contributed by atoms with E-state index in [0.717, 1.165) is 24.8 Å². The van der Waals surface area contributed by atoms with Crippen LogP contribution in [-0.4, -0.2) is 17.1 Å². The van der Waals surface area contributed by atoms with E-state index in [1.165, 1.54) is 0 Å². The van der Waals surface area contributed by atoms with Crippen LogP contribution in [0.3, 0.4) is 0 Å². The van der Waals surface area contributed by atoms with E-state index in [1.54, 1.807) is 12.4 Å². The SMILES string of the molecule is CC1(C)CCC[C@@H]1OC(=O)CCc1cccnc1. The van der Waals surface area contributed by atoms with E-state index < -0.39 is 0 Å². The van der Waals surface area contributed by atoms with Gasteiger partial charge in [-0.2, -0.15) is 0 Å². The van der Waals surface area contributed by atoms with Gasteiger partial charge in [-0.25, -0.2) is 0 Å². The van der Waals surface area contributed by atoms with Crippen LogP contribution in [0.4, 0.5) is 0 Å². The zero-order valence-electron chi connectivity index (χ0n) is 11.2. The van der Waals surface area contributed by atoms with Gasteiger partial charge >= 0.3 is 5.97 Å². The van der Waals surface area contributed by atoms with Crippen molar-refractivity contribution in [2.45, 2.75) is 52.1 Å². The van der Waals surface area contributed by atoms with Crippen molar-refractivity contribution in [3.8, 4) is 0 Å². The van der Waals surface area contributed by atoms with Crippen LogP contribution in [0.1, 0.15) is 45.1 Å². The van der Waals surface area contributed by atoms with E-state index in [0.29, 0.717) is 12.8 Å². The third kappa shape index (κ3) is 3.31. The average Bonchev–Trinajstić information content (AvgIpc) is 2.68. The first-order chi connectivity index (χ1) is 8.58. The number of hydrogen-bond acceptors (Lipinski definition) is 3. The molecular formula is C15H21NO2. The standard InChI is InChI=1S/C15H21NO2/c1-15(2)9-3-6-13(15)18-14(17)8-7-12-5-4-10-16-11-12/h4-5,10-11,13H,3,6-9H2,1-2H3/t13-/m0/s1. The van der Waals surface area contributed by atoms with Crippen molar-refractivity contribution >= 4 is 5.97 Å². The predicted octanol–water partition coefficient (Wildman–Crippen LogP) is 3.14. The van der Waals surface area contributed by atoms with Crippen molar-refractivity contribution < 1.29 is 9.53 Å². The molecule has 0 aliphatic heterocycles. The highest BCUT2D eigenvalue weighted by atomic mass is 16.5. The number of nitrogens with zero attached hydrogens (tertiary/aromatic N) is 1. The molecule has 0 N–H and O–H groups in total. The van der Waals surface area contributed by atoms with E-state index >= 15 is 0 Å². The third-order valence-corrected chi connectivity index (χ3v) is 3.77. The molecule has 1 fully saturated rings. The van der Waals surface area contributed by atoms with Gasteiger partial charge in [0.1, 0.15) is 6.10 Å². The lowest BCUT2D eigenvalue weighted by atomic mass is 9.89. The largest absolute Gasteiger partial charge is 0.462 e. The summed E-state index contributed by atoms with van der Waals surface area (Å²) in [4.78, 5) is 15.9. The highest BCUT2D eigenvalue weighted by Gasteiger charge is 2.37. The quantitative estimate of drug-likeness (QED) is 0.767. The maximum absolute atomic E-state index is 11.8. The number of ether oxygens (including phenoxy) is 1. The molecule has 98 valence electrons. The molecule has 1 aliphatic carbocycles. The predicted molar refractivity (Wildman–Crippen MR) is 70.1 cm³/mol. The van der Waals surface area contributed by atoms with Crippen molar-refractivity contribution in [2.24, 2.45) is 5.41 Å². The smallest absolute Gasteiger partial charge is 0.306 e. The summed E-state index contributed by atoms with van der Waals surface area (Å²) in [7, 11) is 0. The Morgan fingerprint density at radius 1 is 1.56 bits per heavy atom. The van der Waals surface area contributed by atoms with Gasteiger partial charge in [0.2, 0.25) is 0 Å². The molecule has 0 radical (unpaired) electrons. The van der Waals surface area contributed by atoms with Crippen molar-refractivity contribution in [1.29, 1.82) is 0 Å². The summed E-state index contributed by atoms with van der Waals surface area (Å²) in [5.41, 5.74) is 1.23. The number of esters is 1. The van der Waals surface area contributed by atoms with Gasteiger partial charge in [-0.05, 0) is 37.3 Å². The van der Waals surface area contributed by atoms with Crippen LogP contribution in [-0.2, 0) is 16.0 Å². The first-order valence-corrected chi connectivity index (χ1v) is 6.66. The monoisotopic (exact) mass is 247 g/mol. The normalized spacial score (nSPS) is 21.8. The molecule has 1 aromatic rings. The van der Waals surface area contributed by atoms with E-state index in [2.05, 4.69) is 18.8 Å². The minimum absolute atomic E-state index is 0.0844. The minimum atomic E-state index is -0.0844. The molecule has 1 atom stereocenters. The van der Waals surface area contributed by atoms with E-state index in [9.17, 15) is 4.79 Å². The van der Waals surface area contributed by atoms with Gasteiger partial charge in [0.25, 0.3) is 0 Å². The van der Waals surface area contributed by atoms with E-state index in [1.807, 2.05) is 12.1 Å². The molecule has 0 spiro atoms. The Hall–Kier alpha value is -1.38. The number of pyridine rings is 1. The molecule has 1 saturated carbocycles. The maximum Gasteiger partial charge on any atom is 0.306 e. The van der Waals surface area contributed by atoms with Crippen molar-refractivity contribution in [2.75, 3.05) is 0 Å². The minimum Gasteiger partial charge on any atom is -0.462 e. The Balaban J connectivity index is 1.79. The number of carbonyl (C=O) groups excluding carboxylic acids is 1. The van der Waals surface area contributed by atoms with Crippen LogP contribution in [0.2, 0.25) is 0 Å². The molecule has 0 unspecified atom stereocenters. The van der Waals surface area contributed by atoms with Gasteiger partial charge in [-0.15, -0.1) is 0 Å². The zero-order valence-corrected chi connectivity index (χ0v) is 11.2. The molecule has 0 amide bonds. The lowest BCUT2D eigenvalue weighted by molar-refractivity contribution is -0.153. The summed E-state index contributed by atoms with van der Waals surface area (Å²) in [6.45, 7) is 4.36. The van der Waals surface area contributed by atoms with Gasteiger partial charge in [-0.1, -0.05) is 19.9 Å². The summed E-state index contributed by atoms with van der Waals surface area (Å²) in [5.74, 6) is -0.0844. The van der Waals surface area contributed by atoms with Crippen LogP contribution >= 0.6 is 0 Å². The fourth-order valence-corrected chi connectivity index (χ4v) is 2.52. The maximum atomic E-state index is 11.8. The van der Waals surface area contributed by atoms with Crippen LogP contribution < -0.4 is 0 Å². The average molecular weight is 247 g/mol. The lowest BCUT2D eigenvalue weighted by Gasteiger charge is -2.26. The first kappa shape index (κ1) is 13.1. The molecule has 1 aliphatic rings. The summed E-state index contributed by atoms with van der Waals surface area (Å²) in [6, 6.07) is 3.88. The summed E-state index contributed by atoms with van der Waals surface area (Å²) in [6.07, 6.45) is 8.10. The van der Waals surface area contributed by atoms with Crippen molar-refractivity contribution in [3.05, 3.63) is 30.1 Å². The van der Waals surface area contributed by atoms with Crippen LogP contribution in [0.25, 0.3) is 0 Å². The Morgan fingerprint density at radius 3 is 3.00 bits per heavy atom. The van der Waals surface area contributed by atoms with Crippen LogP contribution in [0.5, 0.6) is 0 Å². The summed E-state index contributed by atoms with van der Waals surface area (Å²) in [5, 5.41) is 0. The highest BCUT2D eigenvalue weighted by molar-refractivity contribution is 5.70. The number of aromatic nitrogens is 1. The first-order valence-electron chi connectivity index (χ1n) is 6.66. The number of aryl methyl sites for hydroxylation is 1. The fourth-order valence-electron chi connectivity index (χ4n) is 2.52. The molecule has 1 heterocycles. The fraction of sp³-hybridized carbons (Fsp3) is 0.600. The molecule has 0 aromatic carbocycles. The van der Waals surface area contributed by atoms with Gasteiger partial charge in [0.15, 0.2) is 0 Å². The Kier molecular flexibility index (Phi) is 4.00. The molecule has 1 aromatic heterocycles. The Bertz CT molecular complexity index is 400. The van der Waals surface area contributed by atoms with Gasteiger partial charge in [0, 0.05) is 24.2 Å². The molecule has 3 heteroatoms. The van der Waals surface area contributed by atoms with Gasteiger partial charge in [-0.3, -0.25) is 9.78 Å². The second-order valence-electron chi connectivity index (χ2n) is 5.72. The number of carbonyl (C=O) groups is 1. The topological polar surface area (TPSA) is 39.2 Å². The summed E-state index contributed by atoms with van der Waals surface area (Å²) >= 11 is 0. The molecule has 18 heavy (non-hydrogen) atoms. The van der Waals surface area contributed by atoms with Crippen molar-refractivity contribution in [3.63, 3.8) is 0 Å². The molecule has 0 saturated heterocycles. The molecule has 3 nitrogen and oxygen atoms in total. The molecular weight excluding hydrogens is 226 g/mol. The van der Waals surface area contributed by atoms with Gasteiger partial charge < -0.3 is 4.74 Å². The number of hydrogen-bond donors (Lipinski definition) is 0. The third-order valence-electron chi connectivity index (χ3n) is 3.77. The summed E-state index contributed by atoms with van der Waals surface area (Å²) < 4.78 is 5.59. The lowest BCUT2D eigenvalue weighted by Crippen LogP contribution is -2.28. The number of rotatable bonds is 4. The van der Waals surface area contributed by atoms with Gasteiger partial charge in [0.05, 0.1) is 0 Å². The Morgan fingerprint density at radius 2 is 2.39 bits per heavy atom. The zero-order chi connectivity index (χ0) is 13.0. The highest BCUT2D eigenvalue weighted by Crippen LogP contribution is 2.39. The molecule has 2 rings (SSSR count). The second-order valence-corrected chi connectivity index (χ2v) is 5.72. The van der Waals surface area contributed by atoms with E-state index in [4.69, 9.17) is 4.74 Å². The van der Waals surface area contributed by atoms with Crippen molar-refractivity contribution in [1.82, 2.24) is 4.98 Å². The van der Waals surface area contributed by atoms with Crippen LogP contribution in [0.15, 0.2) is 24.5 Å². The second kappa shape index (κ2) is 5.51. The van der Waals surface area contributed by atoms with E-state index in [-0.39, 0.29) is 17.5 Å². The molecule has 0 bridgehead atoms. The van der Waals surface area contributed by atoms with Crippen LogP contribution in [0, 0.1) is 5.41 Å².